The molecule has 1 unspecified atom stereocenters. The van der Waals surface area contributed by atoms with Gasteiger partial charge in [-0.05, 0) is 51.1 Å². The average molecular weight is 541 g/mol. The maximum Gasteiger partial charge on any atom is 0.254 e. The van der Waals surface area contributed by atoms with Gasteiger partial charge in [0.25, 0.3) is 5.91 Å². The molecule has 1 amide bonds. The van der Waals surface area contributed by atoms with Crippen LogP contribution in [-0.2, 0) is 28.5 Å². The predicted molar refractivity (Wildman–Crippen MR) is 140 cm³/mol. The molecule has 0 spiro atoms. The molecule has 37 heavy (non-hydrogen) atoms. The molecule has 0 aliphatic heterocycles. The third-order valence-electron chi connectivity index (χ3n) is 5.69. The van der Waals surface area contributed by atoms with Crippen molar-refractivity contribution in [1.29, 1.82) is 0 Å². The van der Waals surface area contributed by atoms with E-state index in [0.717, 1.165) is 16.3 Å². The van der Waals surface area contributed by atoms with E-state index < -0.39 is 15.6 Å². The van der Waals surface area contributed by atoms with Crippen LogP contribution in [0.2, 0.25) is 0 Å². The van der Waals surface area contributed by atoms with Crippen LogP contribution in [0.15, 0.2) is 63.2 Å². The molecule has 0 aliphatic carbocycles. The van der Waals surface area contributed by atoms with Crippen LogP contribution >= 0.6 is 11.3 Å². The first-order valence-electron chi connectivity index (χ1n) is 11.4. The third-order valence-corrected chi connectivity index (χ3v) is 8.04. The van der Waals surface area contributed by atoms with Gasteiger partial charge < -0.3 is 15.1 Å². The van der Waals surface area contributed by atoms with Crippen LogP contribution in [0, 0.1) is 6.92 Å². The fourth-order valence-corrected chi connectivity index (χ4v) is 5.38. The Morgan fingerprint density at radius 3 is 2.57 bits per heavy atom. The van der Waals surface area contributed by atoms with Crippen molar-refractivity contribution in [1.82, 2.24) is 24.8 Å². The molecule has 12 heteroatoms. The Kier molecular flexibility index (Phi) is 7.55. The monoisotopic (exact) mass is 540 g/mol. The van der Waals surface area contributed by atoms with Gasteiger partial charge in [0, 0.05) is 29.2 Å². The first kappa shape index (κ1) is 26.6. The molecule has 0 saturated heterocycles. The minimum Gasteiger partial charge on any atom is -0.419 e. The summed E-state index contributed by atoms with van der Waals surface area (Å²) in [6.45, 7) is 3.94. The molecule has 0 radical (unpaired) electrons. The fourth-order valence-electron chi connectivity index (χ4n) is 3.76. The predicted octanol–water partition coefficient (Wildman–Crippen LogP) is 3.10. The second kappa shape index (κ2) is 10.5. The van der Waals surface area contributed by atoms with Crippen molar-refractivity contribution in [2.75, 3.05) is 14.1 Å². The van der Waals surface area contributed by atoms with Crippen molar-refractivity contribution in [3.8, 4) is 11.5 Å². The number of hydrogen-bond donors (Lipinski definition) is 2. The van der Waals surface area contributed by atoms with Crippen LogP contribution in [-0.4, -0.2) is 48.5 Å². The summed E-state index contributed by atoms with van der Waals surface area (Å²) in [5.74, 6) is -0.132. The highest BCUT2D eigenvalue weighted by molar-refractivity contribution is 7.89. The summed E-state index contributed by atoms with van der Waals surface area (Å²) in [6, 6.07) is 13.9. The number of amides is 1. The number of nitrogens with zero attached hydrogens (tertiary/aromatic N) is 4. The van der Waals surface area contributed by atoms with Gasteiger partial charge in [0.1, 0.15) is 5.01 Å². The minimum absolute atomic E-state index is 0.0557. The van der Waals surface area contributed by atoms with Gasteiger partial charge in [-0.15, -0.1) is 21.5 Å². The van der Waals surface area contributed by atoms with E-state index in [1.807, 2.05) is 42.6 Å². The second-order valence-corrected chi connectivity index (χ2v) is 11.8. The van der Waals surface area contributed by atoms with Crippen LogP contribution in [0.3, 0.4) is 0 Å². The first-order valence-corrected chi connectivity index (χ1v) is 13.8. The highest BCUT2D eigenvalue weighted by Crippen LogP contribution is 2.28. The van der Waals surface area contributed by atoms with Gasteiger partial charge in [0.15, 0.2) is 0 Å². The molecule has 2 aromatic carbocycles. The van der Waals surface area contributed by atoms with E-state index in [-0.39, 0.29) is 40.3 Å². The summed E-state index contributed by atoms with van der Waals surface area (Å²) in [5, 5.41) is 10.9. The minimum atomic E-state index is -3.87. The van der Waals surface area contributed by atoms with Gasteiger partial charge in [-0.3, -0.25) is 4.79 Å². The molecule has 0 saturated carbocycles. The number of benzene rings is 2. The fraction of sp³-hybridized carbons (Fsp3) is 0.280. The largest absolute Gasteiger partial charge is 0.419 e. The lowest BCUT2D eigenvalue weighted by atomic mass is 9.94. The van der Waals surface area contributed by atoms with Gasteiger partial charge in [-0.1, -0.05) is 30.3 Å². The van der Waals surface area contributed by atoms with Crippen molar-refractivity contribution >= 4 is 27.3 Å². The molecule has 194 valence electrons. The van der Waals surface area contributed by atoms with E-state index in [0.29, 0.717) is 6.42 Å². The number of carbonyl (C=O) groups is 1. The van der Waals surface area contributed by atoms with Crippen molar-refractivity contribution in [2.24, 2.45) is 5.73 Å². The van der Waals surface area contributed by atoms with Crippen molar-refractivity contribution in [3.05, 3.63) is 81.6 Å². The first-order chi connectivity index (χ1) is 17.5. The van der Waals surface area contributed by atoms with Gasteiger partial charge >= 0.3 is 0 Å². The summed E-state index contributed by atoms with van der Waals surface area (Å²) in [7, 11) is -0.942. The zero-order valence-electron chi connectivity index (χ0n) is 20.9. The van der Waals surface area contributed by atoms with Crippen LogP contribution in [0.1, 0.15) is 39.4 Å². The zero-order valence-corrected chi connectivity index (χ0v) is 22.6. The average Bonchev–Trinajstić information content (AvgIpc) is 3.53. The van der Waals surface area contributed by atoms with Crippen molar-refractivity contribution in [3.63, 3.8) is 0 Å². The Balaban J connectivity index is 1.68. The molecule has 2 aromatic heterocycles. The van der Waals surface area contributed by atoms with E-state index in [2.05, 4.69) is 19.9 Å². The lowest BCUT2D eigenvalue weighted by Crippen LogP contribution is -2.35. The number of rotatable bonds is 9. The Morgan fingerprint density at radius 1 is 1.19 bits per heavy atom. The highest BCUT2D eigenvalue weighted by atomic mass is 32.2. The molecule has 3 N–H and O–H groups in total. The normalized spacial score (nSPS) is 13.3. The maximum absolute atomic E-state index is 13.3. The number of aromatic nitrogens is 3. The number of nitrogens with two attached hydrogens (primary N) is 1. The van der Waals surface area contributed by atoms with Crippen molar-refractivity contribution < 1.29 is 17.6 Å². The van der Waals surface area contributed by atoms with E-state index in [4.69, 9.17) is 10.2 Å². The Hall–Kier alpha value is -3.45. The topological polar surface area (TPSA) is 144 Å². The number of hydrogen-bond acceptors (Lipinski definition) is 9. The summed E-state index contributed by atoms with van der Waals surface area (Å²) < 4.78 is 33.5. The maximum atomic E-state index is 13.3. The summed E-state index contributed by atoms with van der Waals surface area (Å²) >= 11 is 1.45. The molecule has 4 rings (SSSR count). The molecule has 2 heterocycles. The number of nitrogens with one attached hydrogen (secondary N) is 1. The summed E-state index contributed by atoms with van der Waals surface area (Å²) in [5.41, 5.74) is 7.85. The van der Waals surface area contributed by atoms with Crippen LogP contribution in [0.4, 0.5) is 0 Å². The molecule has 1 atom stereocenters. The van der Waals surface area contributed by atoms with Crippen LogP contribution in [0.25, 0.3) is 11.5 Å². The van der Waals surface area contributed by atoms with Crippen LogP contribution in [0.5, 0.6) is 0 Å². The highest BCUT2D eigenvalue weighted by Gasteiger charge is 2.29. The van der Waals surface area contributed by atoms with E-state index >= 15 is 0 Å². The van der Waals surface area contributed by atoms with Crippen molar-refractivity contribution in [2.45, 2.75) is 37.2 Å². The summed E-state index contributed by atoms with van der Waals surface area (Å²) in [6.07, 6.45) is 0.453. The molecule has 0 bridgehead atoms. The third kappa shape index (κ3) is 6.10. The lowest BCUT2D eigenvalue weighted by Gasteiger charge is -2.20. The number of aryl methyl sites for hydroxylation is 1. The SMILES string of the molecule is CNS(=O)(=O)c1cc(C(=O)N(C)Cc2nc(C)cs2)cc(-c2nnc(C(C)(N)Cc3ccccc3)o2)c1. The van der Waals surface area contributed by atoms with Gasteiger partial charge in [-0.2, -0.15) is 0 Å². The Labute approximate surface area is 219 Å². The molecular formula is C25H28N6O4S2. The van der Waals surface area contributed by atoms with Gasteiger partial charge in [-0.25, -0.2) is 18.1 Å². The second-order valence-electron chi connectivity index (χ2n) is 8.99. The molecule has 10 nitrogen and oxygen atoms in total. The standard InChI is InChI=1S/C25H28N6O4S2/c1-16-15-36-21(28-16)14-31(4)23(32)19-10-18(11-20(12-19)37(33,34)27-3)22-29-30-24(35-22)25(2,26)13-17-8-6-5-7-9-17/h5-12,15,27H,13-14,26H2,1-4H3. The Bertz CT molecular complexity index is 1510. The zero-order chi connectivity index (χ0) is 26.8. The molecule has 0 aliphatic rings. The molecule has 4 aromatic rings. The summed E-state index contributed by atoms with van der Waals surface area (Å²) in [4.78, 5) is 19.0. The quantitative estimate of drug-likeness (QED) is 0.330. The van der Waals surface area contributed by atoms with E-state index in [1.54, 1.807) is 14.0 Å². The van der Waals surface area contributed by atoms with Crippen LogP contribution < -0.4 is 10.5 Å². The molecular weight excluding hydrogens is 512 g/mol. The lowest BCUT2D eigenvalue weighted by molar-refractivity contribution is 0.0784. The van der Waals surface area contributed by atoms with E-state index in [9.17, 15) is 13.2 Å². The van der Waals surface area contributed by atoms with Gasteiger partial charge in [0.2, 0.25) is 21.8 Å². The number of sulfonamides is 1. The number of thiazole rings is 1. The van der Waals surface area contributed by atoms with Gasteiger partial charge in [0.05, 0.1) is 17.0 Å². The number of carbonyl (C=O) groups excluding carboxylic acids is 1. The van der Waals surface area contributed by atoms with E-state index in [1.165, 1.54) is 41.5 Å². The molecule has 0 fully saturated rings. The Morgan fingerprint density at radius 2 is 1.92 bits per heavy atom. The smallest absolute Gasteiger partial charge is 0.254 e.